The second-order valence-electron chi connectivity index (χ2n) is 8.96. The standard InChI is InChI=1S/C29H25NO2/c1-29(2)24-11-7-6-10-21(24)22-13-12-20(16-25(22)29)30-26-18-28-27(31-14-15-32-28)17-23(26)19-8-4-3-5-9-19/h3-13,16-18,30H,14-15H2,1-2H3. The fourth-order valence-corrected chi connectivity index (χ4v) is 4.99. The van der Waals surface area contributed by atoms with Gasteiger partial charge in [-0.15, -0.1) is 0 Å². The highest BCUT2D eigenvalue weighted by atomic mass is 16.6. The lowest BCUT2D eigenvalue weighted by molar-refractivity contribution is 0.172. The van der Waals surface area contributed by atoms with Crippen molar-refractivity contribution >= 4 is 11.4 Å². The maximum absolute atomic E-state index is 5.88. The Hall–Kier alpha value is -3.72. The molecular weight excluding hydrogens is 394 g/mol. The first kappa shape index (κ1) is 19.0. The van der Waals surface area contributed by atoms with Gasteiger partial charge in [-0.1, -0.05) is 74.5 Å². The van der Waals surface area contributed by atoms with Gasteiger partial charge in [-0.2, -0.15) is 0 Å². The minimum atomic E-state index is -0.0291. The second kappa shape index (κ2) is 7.16. The van der Waals surface area contributed by atoms with E-state index in [2.05, 4.69) is 98.0 Å². The van der Waals surface area contributed by atoms with E-state index in [-0.39, 0.29) is 5.41 Å². The maximum Gasteiger partial charge on any atom is 0.163 e. The third-order valence-electron chi connectivity index (χ3n) is 6.63. The van der Waals surface area contributed by atoms with E-state index >= 15 is 0 Å². The third-order valence-corrected chi connectivity index (χ3v) is 6.63. The molecule has 0 atom stereocenters. The molecule has 3 nitrogen and oxygen atoms in total. The molecule has 0 saturated carbocycles. The summed E-state index contributed by atoms with van der Waals surface area (Å²) in [4.78, 5) is 0. The van der Waals surface area contributed by atoms with Crippen molar-refractivity contribution in [2.45, 2.75) is 19.3 Å². The van der Waals surface area contributed by atoms with Gasteiger partial charge < -0.3 is 14.8 Å². The van der Waals surface area contributed by atoms with E-state index in [0.717, 1.165) is 34.0 Å². The molecule has 0 amide bonds. The van der Waals surface area contributed by atoms with Gasteiger partial charge in [-0.05, 0) is 46.0 Å². The van der Waals surface area contributed by atoms with E-state index in [9.17, 15) is 0 Å². The molecule has 32 heavy (non-hydrogen) atoms. The van der Waals surface area contributed by atoms with Crippen LogP contribution < -0.4 is 14.8 Å². The van der Waals surface area contributed by atoms with Crippen molar-refractivity contribution in [1.29, 1.82) is 0 Å². The number of nitrogens with one attached hydrogen (secondary N) is 1. The zero-order chi connectivity index (χ0) is 21.7. The minimum Gasteiger partial charge on any atom is -0.486 e. The average molecular weight is 420 g/mol. The maximum atomic E-state index is 5.88. The monoisotopic (exact) mass is 419 g/mol. The molecule has 6 rings (SSSR count). The highest BCUT2D eigenvalue weighted by Crippen LogP contribution is 2.49. The summed E-state index contributed by atoms with van der Waals surface area (Å²) in [7, 11) is 0. The molecular formula is C29H25NO2. The van der Waals surface area contributed by atoms with Crippen LogP contribution in [0, 0.1) is 0 Å². The van der Waals surface area contributed by atoms with Crippen LogP contribution in [-0.2, 0) is 5.41 Å². The lowest BCUT2D eigenvalue weighted by atomic mass is 9.82. The van der Waals surface area contributed by atoms with Crippen LogP contribution in [0.2, 0.25) is 0 Å². The molecule has 0 radical (unpaired) electrons. The van der Waals surface area contributed by atoms with Crippen LogP contribution in [0.4, 0.5) is 11.4 Å². The van der Waals surface area contributed by atoms with E-state index in [1.807, 2.05) is 6.07 Å². The molecule has 1 N–H and O–H groups in total. The van der Waals surface area contributed by atoms with Gasteiger partial charge in [0.05, 0.1) is 5.69 Å². The van der Waals surface area contributed by atoms with Gasteiger partial charge in [0.15, 0.2) is 11.5 Å². The Morgan fingerprint density at radius 1 is 0.656 bits per heavy atom. The number of hydrogen-bond acceptors (Lipinski definition) is 3. The van der Waals surface area contributed by atoms with Crippen molar-refractivity contribution in [2.24, 2.45) is 0 Å². The van der Waals surface area contributed by atoms with Crippen molar-refractivity contribution < 1.29 is 9.47 Å². The van der Waals surface area contributed by atoms with Crippen LogP contribution in [0.5, 0.6) is 11.5 Å². The van der Waals surface area contributed by atoms with Gasteiger partial charge in [0.2, 0.25) is 0 Å². The molecule has 2 aliphatic rings. The topological polar surface area (TPSA) is 30.5 Å². The van der Waals surface area contributed by atoms with Crippen LogP contribution in [0.15, 0.2) is 84.9 Å². The largest absolute Gasteiger partial charge is 0.486 e. The Kier molecular flexibility index (Phi) is 4.25. The summed E-state index contributed by atoms with van der Waals surface area (Å²) in [5, 5.41) is 3.68. The van der Waals surface area contributed by atoms with Crippen LogP contribution in [-0.4, -0.2) is 13.2 Å². The van der Waals surface area contributed by atoms with Crippen molar-refractivity contribution in [3.05, 3.63) is 96.1 Å². The summed E-state index contributed by atoms with van der Waals surface area (Å²) >= 11 is 0. The molecule has 0 saturated heterocycles. The Labute approximate surface area is 188 Å². The summed E-state index contributed by atoms with van der Waals surface area (Å²) in [5.41, 5.74) is 9.67. The van der Waals surface area contributed by atoms with E-state index in [0.29, 0.717) is 13.2 Å². The van der Waals surface area contributed by atoms with Crippen LogP contribution in [0.3, 0.4) is 0 Å². The quantitative estimate of drug-likeness (QED) is 0.382. The predicted molar refractivity (Wildman–Crippen MR) is 130 cm³/mol. The second-order valence-corrected chi connectivity index (χ2v) is 8.96. The van der Waals surface area contributed by atoms with Gasteiger partial charge in [-0.3, -0.25) is 0 Å². The van der Waals surface area contributed by atoms with Gasteiger partial charge in [0.1, 0.15) is 13.2 Å². The van der Waals surface area contributed by atoms with E-state index in [4.69, 9.17) is 9.47 Å². The first-order valence-electron chi connectivity index (χ1n) is 11.1. The summed E-state index contributed by atoms with van der Waals surface area (Å²) in [6.07, 6.45) is 0. The number of rotatable bonds is 3. The van der Waals surface area contributed by atoms with Gasteiger partial charge in [-0.25, -0.2) is 0 Å². The highest BCUT2D eigenvalue weighted by molar-refractivity contribution is 5.86. The molecule has 1 aliphatic heterocycles. The van der Waals surface area contributed by atoms with Crippen LogP contribution >= 0.6 is 0 Å². The van der Waals surface area contributed by atoms with E-state index < -0.39 is 0 Å². The summed E-state index contributed by atoms with van der Waals surface area (Å²) in [6.45, 7) is 5.76. The van der Waals surface area contributed by atoms with Crippen molar-refractivity contribution in [3.63, 3.8) is 0 Å². The number of hydrogen-bond donors (Lipinski definition) is 1. The molecule has 0 unspecified atom stereocenters. The first-order chi connectivity index (χ1) is 15.6. The Bertz CT molecular complexity index is 1320. The number of anilines is 2. The fraction of sp³-hybridized carbons (Fsp3) is 0.172. The SMILES string of the molecule is CC1(C)c2ccccc2-c2ccc(Nc3cc4c(cc3-c3ccccc3)OCCO4)cc21. The molecule has 158 valence electrons. The van der Waals surface area contributed by atoms with Crippen LogP contribution in [0.25, 0.3) is 22.3 Å². The summed E-state index contributed by atoms with van der Waals surface area (Å²) < 4.78 is 11.7. The van der Waals surface area contributed by atoms with Crippen molar-refractivity contribution in [3.8, 4) is 33.8 Å². The molecule has 1 heterocycles. The Morgan fingerprint density at radius 2 is 1.34 bits per heavy atom. The molecule has 4 aromatic rings. The third kappa shape index (κ3) is 2.96. The summed E-state index contributed by atoms with van der Waals surface area (Å²) in [5.74, 6) is 1.58. The molecule has 0 aromatic heterocycles. The fourth-order valence-electron chi connectivity index (χ4n) is 4.99. The van der Waals surface area contributed by atoms with Crippen LogP contribution in [0.1, 0.15) is 25.0 Å². The molecule has 1 aliphatic carbocycles. The minimum absolute atomic E-state index is 0.0291. The summed E-state index contributed by atoms with van der Waals surface area (Å²) in [6, 6.07) is 30.0. The van der Waals surface area contributed by atoms with E-state index in [1.54, 1.807) is 0 Å². The lowest BCUT2D eigenvalue weighted by Gasteiger charge is -2.23. The lowest BCUT2D eigenvalue weighted by Crippen LogP contribution is -2.16. The van der Waals surface area contributed by atoms with E-state index in [1.165, 1.54) is 22.3 Å². The molecule has 0 spiro atoms. The zero-order valence-electron chi connectivity index (χ0n) is 18.3. The number of benzene rings is 4. The Balaban J connectivity index is 1.44. The smallest absolute Gasteiger partial charge is 0.163 e. The zero-order valence-corrected chi connectivity index (χ0v) is 18.3. The predicted octanol–water partition coefficient (Wildman–Crippen LogP) is 7.17. The van der Waals surface area contributed by atoms with Crippen molar-refractivity contribution in [2.75, 3.05) is 18.5 Å². The first-order valence-corrected chi connectivity index (χ1v) is 11.1. The van der Waals surface area contributed by atoms with Gasteiger partial charge >= 0.3 is 0 Å². The molecule has 3 heteroatoms. The number of ether oxygens (including phenoxy) is 2. The van der Waals surface area contributed by atoms with Gasteiger partial charge in [0, 0.05) is 22.7 Å². The highest BCUT2D eigenvalue weighted by Gasteiger charge is 2.35. The normalized spacial score (nSPS) is 15.1. The number of fused-ring (bicyclic) bond motifs is 4. The molecule has 4 aromatic carbocycles. The molecule has 0 fully saturated rings. The Morgan fingerprint density at radius 3 is 2.16 bits per heavy atom. The van der Waals surface area contributed by atoms with Gasteiger partial charge in [0.25, 0.3) is 0 Å². The average Bonchev–Trinajstić information content (AvgIpc) is 3.06. The molecule has 0 bridgehead atoms. The van der Waals surface area contributed by atoms with Crippen molar-refractivity contribution in [1.82, 2.24) is 0 Å².